The first-order valence-corrected chi connectivity index (χ1v) is 7.18. The van der Waals surface area contributed by atoms with Crippen LogP contribution in [0.4, 0.5) is 0 Å². The number of aromatic nitrogens is 1. The molecule has 2 aromatic rings. The highest BCUT2D eigenvalue weighted by Gasteiger charge is 2.02. The van der Waals surface area contributed by atoms with Gasteiger partial charge >= 0.3 is 0 Å². The van der Waals surface area contributed by atoms with Crippen molar-refractivity contribution in [2.45, 2.75) is 30.5 Å². The molecule has 0 bridgehead atoms. The fourth-order valence-corrected chi connectivity index (χ4v) is 3.56. The van der Waals surface area contributed by atoms with E-state index in [0.717, 1.165) is 5.52 Å². The molecule has 0 unspecified atom stereocenters. The van der Waals surface area contributed by atoms with Crippen molar-refractivity contribution in [1.29, 1.82) is 0 Å². The van der Waals surface area contributed by atoms with Gasteiger partial charge in [0.15, 0.2) is 4.34 Å². The molecule has 15 heavy (non-hydrogen) atoms. The van der Waals surface area contributed by atoms with Gasteiger partial charge in [0.05, 0.1) is 10.2 Å². The summed E-state index contributed by atoms with van der Waals surface area (Å²) in [5.74, 6) is 1.20. The van der Waals surface area contributed by atoms with Gasteiger partial charge < -0.3 is 0 Å². The van der Waals surface area contributed by atoms with Crippen LogP contribution in [-0.2, 0) is 0 Å². The van der Waals surface area contributed by atoms with Crippen LogP contribution >= 0.6 is 23.1 Å². The summed E-state index contributed by atoms with van der Waals surface area (Å²) in [5, 5.41) is 0. The minimum absolute atomic E-state index is 1.14. The predicted octanol–water partition coefficient (Wildman–Crippen LogP) is 4.58. The Morgan fingerprint density at radius 1 is 1.27 bits per heavy atom. The molecule has 1 heterocycles. The number of rotatable bonds is 5. The minimum Gasteiger partial charge on any atom is -0.230 e. The Balaban J connectivity index is 1.97. The fourth-order valence-electron chi connectivity index (χ4n) is 1.42. The molecule has 80 valence electrons. The molecule has 1 aromatic heterocycles. The van der Waals surface area contributed by atoms with E-state index in [0.29, 0.717) is 0 Å². The molecule has 0 saturated carbocycles. The summed E-state index contributed by atoms with van der Waals surface area (Å²) in [6, 6.07) is 8.35. The van der Waals surface area contributed by atoms with Crippen LogP contribution in [0.5, 0.6) is 0 Å². The van der Waals surface area contributed by atoms with Crippen molar-refractivity contribution in [1.82, 2.24) is 4.98 Å². The van der Waals surface area contributed by atoms with Crippen molar-refractivity contribution in [3.05, 3.63) is 24.3 Å². The summed E-state index contributed by atoms with van der Waals surface area (Å²) >= 11 is 3.70. The van der Waals surface area contributed by atoms with E-state index in [9.17, 15) is 0 Å². The normalized spacial score (nSPS) is 11.0. The zero-order valence-corrected chi connectivity index (χ0v) is 10.5. The second kappa shape index (κ2) is 5.52. The first kappa shape index (κ1) is 11.0. The fraction of sp³-hybridized carbons (Fsp3) is 0.417. The summed E-state index contributed by atoms with van der Waals surface area (Å²) in [5.41, 5.74) is 1.14. The van der Waals surface area contributed by atoms with Crippen LogP contribution in [0.3, 0.4) is 0 Å². The number of para-hydroxylation sites is 1. The largest absolute Gasteiger partial charge is 0.230 e. The lowest BCUT2D eigenvalue weighted by molar-refractivity contribution is 0.778. The van der Waals surface area contributed by atoms with Gasteiger partial charge in [-0.25, -0.2) is 4.98 Å². The van der Waals surface area contributed by atoms with Gasteiger partial charge in [-0.3, -0.25) is 0 Å². The number of fused-ring (bicyclic) bond motifs is 1. The number of thiazole rings is 1. The molecule has 0 aliphatic rings. The molecule has 0 amide bonds. The minimum atomic E-state index is 1.14. The lowest BCUT2D eigenvalue weighted by atomic mass is 10.3. The third-order valence-corrected chi connectivity index (χ3v) is 4.51. The number of thioether (sulfide) groups is 1. The first-order valence-electron chi connectivity index (χ1n) is 5.38. The molecule has 0 spiro atoms. The van der Waals surface area contributed by atoms with Crippen molar-refractivity contribution in [2.24, 2.45) is 0 Å². The van der Waals surface area contributed by atoms with E-state index in [2.05, 4.69) is 30.1 Å². The van der Waals surface area contributed by atoms with E-state index in [1.165, 1.54) is 34.1 Å². The lowest BCUT2D eigenvalue weighted by Gasteiger charge is -1.94. The lowest BCUT2D eigenvalue weighted by Crippen LogP contribution is -1.78. The molecule has 0 fully saturated rings. The van der Waals surface area contributed by atoms with Gasteiger partial charge in [0.1, 0.15) is 0 Å². The summed E-state index contributed by atoms with van der Waals surface area (Å²) in [4.78, 5) is 4.59. The molecule has 0 aliphatic heterocycles. The molecular weight excluding hydrogens is 222 g/mol. The smallest absolute Gasteiger partial charge is 0.151 e. The van der Waals surface area contributed by atoms with Crippen LogP contribution in [-0.4, -0.2) is 10.7 Å². The third kappa shape index (κ3) is 2.95. The predicted molar refractivity (Wildman–Crippen MR) is 69.9 cm³/mol. The maximum absolute atomic E-state index is 4.59. The average Bonchev–Trinajstić information content (AvgIpc) is 2.67. The average molecular weight is 237 g/mol. The van der Waals surface area contributed by atoms with Crippen LogP contribution in [0.1, 0.15) is 26.2 Å². The second-order valence-electron chi connectivity index (χ2n) is 3.50. The number of hydrogen-bond acceptors (Lipinski definition) is 3. The van der Waals surface area contributed by atoms with Gasteiger partial charge in [0.2, 0.25) is 0 Å². The topological polar surface area (TPSA) is 12.9 Å². The number of benzene rings is 1. The maximum Gasteiger partial charge on any atom is 0.151 e. The van der Waals surface area contributed by atoms with Crippen LogP contribution in [0.15, 0.2) is 28.6 Å². The van der Waals surface area contributed by atoms with Crippen LogP contribution < -0.4 is 0 Å². The Kier molecular flexibility index (Phi) is 4.03. The van der Waals surface area contributed by atoms with Gasteiger partial charge in [-0.1, -0.05) is 43.7 Å². The van der Waals surface area contributed by atoms with Crippen molar-refractivity contribution in [3.63, 3.8) is 0 Å². The standard InChI is InChI=1S/C12H15NS2/c1-2-3-6-9-14-12-13-10-7-4-5-8-11(10)15-12/h4-5,7-8H,2-3,6,9H2,1H3. The number of nitrogens with zero attached hydrogens (tertiary/aromatic N) is 1. The Hall–Kier alpha value is -0.540. The number of unbranched alkanes of at least 4 members (excludes halogenated alkanes) is 2. The van der Waals surface area contributed by atoms with Gasteiger partial charge in [-0.05, 0) is 18.6 Å². The van der Waals surface area contributed by atoms with Crippen LogP contribution in [0.25, 0.3) is 10.2 Å². The Morgan fingerprint density at radius 2 is 2.13 bits per heavy atom. The van der Waals surface area contributed by atoms with E-state index in [1.54, 1.807) is 0 Å². The quantitative estimate of drug-likeness (QED) is 0.557. The molecule has 2 rings (SSSR count). The molecule has 0 N–H and O–H groups in total. The first-order chi connectivity index (χ1) is 7.40. The van der Waals surface area contributed by atoms with Crippen LogP contribution in [0, 0.1) is 0 Å². The summed E-state index contributed by atoms with van der Waals surface area (Å²) < 4.78 is 2.52. The molecule has 0 saturated heterocycles. The summed E-state index contributed by atoms with van der Waals surface area (Å²) in [6.45, 7) is 2.24. The van der Waals surface area contributed by atoms with E-state index in [4.69, 9.17) is 0 Å². The van der Waals surface area contributed by atoms with Gasteiger partial charge in [-0.15, -0.1) is 11.3 Å². The summed E-state index contributed by atoms with van der Waals surface area (Å²) in [6.07, 6.45) is 3.93. The molecule has 1 aromatic carbocycles. The monoisotopic (exact) mass is 237 g/mol. The van der Waals surface area contributed by atoms with Crippen molar-refractivity contribution in [3.8, 4) is 0 Å². The highest BCUT2D eigenvalue weighted by atomic mass is 32.2. The zero-order chi connectivity index (χ0) is 10.5. The molecule has 3 heteroatoms. The van der Waals surface area contributed by atoms with Crippen molar-refractivity contribution >= 4 is 33.3 Å². The van der Waals surface area contributed by atoms with Gasteiger partial charge in [0.25, 0.3) is 0 Å². The van der Waals surface area contributed by atoms with Gasteiger partial charge in [0, 0.05) is 5.75 Å². The van der Waals surface area contributed by atoms with E-state index in [1.807, 2.05) is 29.2 Å². The Morgan fingerprint density at radius 3 is 2.93 bits per heavy atom. The zero-order valence-electron chi connectivity index (χ0n) is 8.90. The van der Waals surface area contributed by atoms with E-state index >= 15 is 0 Å². The highest BCUT2D eigenvalue weighted by Crippen LogP contribution is 2.29. The highest BCUT2D eigenvalue weighted by molar-refractivity contribution is 8.01. The summed E-state index contributed by atoms with van der Waals surface area (Å²) in [7, 11) is 0. The van der Waals surface area contributed by atoms with Crippen molar-refractivity contribution < 1.29 is 0 Å². The molecule has 0 radical (unpaired) electrons. The third-order valence-electron chi connectivity index (χ3n) is 2.25. The number of hydrogen-bond donors (Lipinski definition) is 0. The molecule has 0 aliphatic carbocycles. The second-order valence-corrected chi connectivity index (χ2v) is 5.88. The van der Waals surface area contributed by atoms with Crippen molar-refractivity contribution in [2.75, 3.05) is 5.75 Å². The SMILES string of the molecule is CCCCCSc1nc2ccccc2s1. The molecule has 1 nitrogen and oxygen atoms in total. The Bertz CT molecular complexity index is 389. The Labute approximate surface area is 98.9 Å². The molecular formula is C12H15NS2. The van der Waals surface area contributed by atoms with E-state index < -0.39 is 0 Å². The van der Waals surface area contributed by atoms with Crippen LogP contribution in [0.2, 0.25) is 0 Å². The maximum atomic E-state index is 4.59. The van der Waals surface area contributed by atoms with Gasteiger partial charge in [-0.2, -0.15) is 0 Å². The van der Waals surface area contributed by atoms with E-state index in [-0.39, 0.29) is 0 Å². The molecule has 0 atom stereocenters.